The van der Waals surface area contributed by atoms with E-state index in [1.165, 1.54) is 6.07 Å². The Morgan fingerprint density at radius 2 is 1.94 bits per heavy atom. The Labute approximate surface area is 97.2 Å². The summed E-state index contributed by atoms with van der Waals surface area (Å²) in [6.45, 7) is 0.372. The number of rotatable bonds is 4. The lowest BCUT2D eigenvalue weighted by Gasteiger charge is -2.14. The van der Waals surface area contributed by atoms with Gasteiger partial charge in [0.1, 0.15) is 0 Å². The standard InChI is InChI=1S/C11H13F3N2O/c1-16(2)6-8-3-9(11(12,13)14)5-10(4-8)15-7-17/h3-5,7H,6H2,1-2H3,(H,15,17). The van der Waals surface area contributed by atoms with Gasteiger partial charge in [-0.05, 0) is 37.9 Å². The molecule has 0 spiro atoms. The van der Waals surface area contributed by atoms with Gasteiger partial charge < -0.3 is 10.2 Å². The van der Waals surface area contributed by atoms with Crippen LogP contribution in [0, 0.1) is 0 Å². The van der Waals surface area contributed by atoms with Crippen LogP contribution in [0.5, 0.6) is 0 Å². The normalized spacial score (nSPS) is 11.6. The monoisotopic (exact) mass is 246 g/mol. The zero-order valence-electron chi connectivity index (χ0n) is 9.51. The van der Waals surface area contributed by atoms with Crippen molar-refractivity contribution in [1.29, 1.82) is 0 Å². The van der Waals surface area contributed by atoms with Gasteiger partial charge in [-0.2, -0.15) is 13.2 Å². The predicted molar refractivity (Wildman–Crippen MR) is 58.5 cm³/mol. The molecule has 1 N–H and O–H groups in total. The van der Waals surface area contributed by atoms with Crippen molar-refractivity contribution in [3.63, 3.8) is 0 Å². The Kier molecular flexibility index (Phi) is 4.11. The number of hydrogen-bond donors (Lipinski definition) is 1. The second-order valence-electron chi connectivity index (χ2n) is 3.92. The summed E-state index contributed by atoms with van der Waals surface area (Å²) in [7, 11) is 3.51. The van der Waals surface area contributed by atoms with E-state index in [9.17, 15) is 18.0 Å². The fraction of sp³-hybridized carbons (Fsp3) is 0.364. The summed E-state index contributed by atoms with van der Waals surface area (Å²) in [5.74, 6) is 0. The number of hydrogen-bond acceptors (Lipinski definition) is 2. The molecule has 0 unspecified atom stereocenters. The molecule has 0 aromatic heterocycles. The maximum absolute atomic E-state index is 12.6. The van der Waals surface area contributed by atoms with E-state index >= 15 is 0 Å². The van der Waals surface area contributed by atoms with Crippen molar-refractivity contribution < 1.29 is 18.0 Å². The van der Waals surface area contributed by atoms with Crippen LogP contribution in [0.1, 0.15) is 11.1 Å². The van der Waals surface area contributed by atoms with Crippen LogP contribution in [0.4, 0.5) is 18.9 Å². The molecule has 0 fully saturated rings. The summed E-state index contributed by atoms with van der Waals surface area (Å²) in [5.41, 5.74) is -0.123. The van der Waals surface area contributed by atoms with E-state index in [4.69, 9.17) is 0 Å². The maximum Gasteiger partial charge on any atom is 0.416 e. The minimum atomic E-state index is -4.42. The Hall–Kier alpha value is -1.56. The molecule has 0 saturated heterocycles. The zero-order chi connectivity index (χ0) is 13.1. The summed E-state index contributed by atoms with van der Waals surface area (Å²) < 4.78 is 37.8. The molecule has 94 valence electrons. The van der Waals surface area contributed by atoms with Gasteiger partial charge in [0, 0.05) is 12.2 Å². The quantitative estimate of drug-likeness (QED) is 0.827. The van der Waals surface area contributed by atoms with Crippen molar-refractivity contribution in [2.75, 3.05) is 19.4 Å². The molecule has 0 heterocycles. The molecule has 0 bridgehead atoms. The minimum absolute atomic E-state index is 0.145. The summed E-state index contributed by atoms with van der Waals surface area (Å²) in [5, 5.41) is 2.23. The van der Waals surface area contributed by atoms with Gasteiger partial charge in [0.2, 0.25) is 6.41 Å². The first-order valence-electron chi connectivity index (χ1n) is 4.89. The van der Waals surface area contributed by atoms with Crippen molar-refractivity contribution in [3.05, 3.63) is 29.3 Å². The number of anilines is 1. The SMILES string of the molecule is CN(C)Cc1cc(NC=O)cc(C(F)(F)F)c1. The molecule has 1 amide bonds. The molecule has 0 aliphatic heterocycles. The van der Waals surface area contributed by atoms with E-state index in [1.54, 1.807) is 19.0 Å². The predicted octanol–water partition coefficient (Wildman–Crippen LogP) is 2.34. The number of benzene rings is 1. The molecular weight excluding hydrogens is 233 g/mol. The third kappa shape index (κ3) is 4.07. The van der Waals surface area contributed by atoms with Crippen LogP contribution in [0.3, 0.4) is 0 Å². The van der Waals surface area contributed by atoms with Gasteiger partial charge in [-0.25, -0.2) is 0 Å². The first-order chi connectivity index (χ1) is 7.82. The smallest absolute Gasteiger partial charge is 0.329 e. The lowest BCUT2D eigenvalue weighted by molar-refractivity contribution is -0.137. The van der Waals surface area contributed by atoms with E-state index in [1.807, 2.05) is 0 Å². The summed E-state index contributed by atoms with van der Waals surface area (Å²) in [6, 6.07) is 3.51. The van der Waals surface area contributed by atoms with Crippen molar-refractivity contribution in [2.24, 2.45) is 0 Å². The van der Waals surface area contributed by atoms with E-state index in [0.717, 1.165) is 12.1 Å². The number of carbonyl (C=O) groups is 1. The number of nitrogens with zero attached hydrogens (tertiary/aromatic N) is 1. The largest absolute Gasteiger partial charge is 0.416 e. The summed E-state index contributed by atoms with van der Waals surface area (Å²) in [4.78, 5) is 12.0. The van der Waals surface area contributed by atoms with E-state index in [2.05, 4.69) is 5.32 Å². The maximum atomic E-state index is 12.6. The summed E-state index contributed by atoms with van der Waals surface area (Å²) >= 11 is 0. The third-order valence-corrected chi connectivity index (χ3v) is 2.04. The highest BCUT2D eigenvalue weighted by atomic mass is 19.4. The zero-order valence-corrected chi connectivity index (χ0v) is 9.51. The Balaban J connectivity index is 3.13. The molecule has 0 aliphatic rings. The molecule has 3 nitrogen and oxygen atoms in total. The van der Waals surface area contributed by atoms with Crippen LogP contribution in [-0.4, -0.2) is 25.4 Å². The number of amides is 1. The Morgan fingerprint density at radius 1 is 1.29 bits per heavy atom. The van der Waals surface area contributed by atoms with E-state index in [0.29, 0.717) is 18.5 Å². The highest BCUT2D eigenvalue weighted by Gasteiger charge is 2.31. The molecule has 1 rings (SSSR count). The molecule has 0 saturated carbocycles. The van der Waals surface area contributed by atoms with Gasteiger partial charge in [-0.1, -0.05) is 0 Å². The van der Waals surface area contributed by atoms with Gasteiger partial charge in [-0.15, -0.1) is 0 Å². The van der Waals surface area contributed by atoms with Crippen LogP contribution in [0.25, 0.3) is 0 Å². The number of halogens is 3. The molecule has 0 aliphatic carbocycles. The summed E-state index contributed by atoms with van der Waals surface area (Å²) in [6.07, 6.45) is -4.06. The number of alkyl halides is 3. The fourth-order valence-electron chi connectivity index (χ4n) is 1.46. The molecule has 0 atom stereocenters. The van der Waals surface area contributed by atoms with E-state index in [-0.39, 0.29) is 5.69 Å². The molecular formula is C11H13F3N2O. The van der Waals surface area contributed by atoms with Crippen molar-refractivity contribution >= 4 is 12.1 Å². The fourth-order valence-corrected chi connectivity index (χ4v) is 1.46. The van der Waals surface area contributed by atoms with Gasteiger partial charge in [0.15, 0.2) is 0 Å². The van der Waals surface area contributed by atoms with Crippen molar-refractivity contribution in [1.82, 2.24) is 4.90 Å². The highest BCUT2D eigenvalue weighted by molar-refractivity contribution is 5.72. The first kappa shape index (κ1) is 13.5. The average Bonchev–Trinajstić information content (AvgIpc) is 2.15. The molecule has 17 heavy (non-hydrogen) atoms. The van der Waals surface area contributed by atoms with Gasteiger partial charge >= 0.3 is 6.18 Å². The second kappa shape index (κ2) is 5.18. The van der Waals surface area contributed by atoms with Crippen LogP contribution in [0.15, 0.2) is 18.2 Å². The topological polar surface area (TPSA) is 32.3 Å². The van der Waals surface area contributed by atoms with Crippen molar-refractivity contribution in [3.8, 4) is 0 Å². The number of nitrogens with one attached hydrogen (secondary N) is 1. The average molecular weight is 246 g/mol. The van der Waals surface area contributed by atoms with Crippen LogP contribution >= 0.6 is 0 Å². The van der Waals surface area contributed by atoms with Gasteiger partial charge in [-0.3, -0.25) is 4.79 Å². The lowest BCUT2D eigenvalue weighted by atomic mass is 10.1. The molecule has 0 radical (unpaired) electrons. The molecule has 6 heteroatoms. The van der Waals surface area contributed by atoms with Crippen molar-refractivity contribution in [2.45, 2.75) is 12.7 Å². The first-order valence-corrected chi connectivity index (χ1v) is 4.89. The van der Waals surface area contributed by atoms with Gasteiger partial charge in [0.25, 0.3) is 0 Å². The minimum Gasteiger partial charge on any atom is -0.329 e. The molecule has 1 aromatic carbocycles. The van der Waals surface area contributed by atoms with Gasteiger partial charge in [0.05, 0.1) is 5.56 Å². The lowest BCUT2D eigenvalue weighted by Crippen LogP contribution is -2.13. The third-order valence-electron chi connectivity index (χ3n) is 2.04. The molecule has 1 aromatic rings. The van der Waals surface area contributed by atoms with E-state index < -0.39 is 11.7 Å². The Morgan fingerprint density at radius 3 is 2.41 bits per heavy atom. The van der Waals surface area contributed by atoms with Crippen LogP contribution in [-0.2, 0) is 17.5 Å². The van der Waals surface area contributed by atoms with Crippen LogP contribution < -0.4 is 5.32 Å². The highest BCUT2D eigenvalue weighted by Crippen LogP contribution is 2.32. The number of carbonyl (C=O) groups excluding carboxylic acids is 1. The second-order valence-corrected chi connectivity index (χ2v) is 3.92. The Bertz CT molecular complexity index is 402. The van der Waals surface area contributed by atoms with Crippen LogP contribution in [0.2, 0.25) is 0 Å².